The van der Waals surface area contributed by atoms with E-state index < -0.39 is 5.60 Å². The van der Waals surface area contributed by atoms with E-state index in [0.717, 1.165) is 44.6 Å². The smallest absolute Gasteiger partial charge is 0.0780 e. The largest absolute Gasteiger partial charge is 0.390 e. The highest BCUT2D eigenvalue weighted by Gasteiger charge is 2.28. The van der Waals surface area contributed by atoms with Crippen molar-refractivity contribution in [2.75, 3.05) is 32.1 Å². The molecule has 1 saturated heterocycles. The van der Waals surface area contributed by atoms with Crippen LogP contribution in [0.3, 0.4) is 0 Å². The number of nitrogens with zero attached hydrogens (tertiary/aromatic N) is 3. The van der Waals surface area contributed by atoms with Gasteiger partial charge in [0.1, 0.15) is 0 Å². The van der Waals surface area contributed by atoms with Gasteiger partial charge in [0.25, 0.3) is 0 Å². The van der Waals surface area contributed by atoms with Crippen molar-refractivity contribution in [1.29, 1.82) is 0 Å². The van der Waals surface area contributed by atoms with Crippen molar-refractivity contribution in [1.82, 2.24) is 9.88 Å². The second-order valence-electron chi connectivity index (χ2n) is 7.23. The van der Waals surface area contributed by atoms with Crippen LogP contribution < -0.4 is 4.90 Å². The fourth-order valence-corrected chi connectivity index (χ4v) is 2.93. The predicted molar refractivity (Wildman–Crippen MR) is 92.4 cm³/mol. The molecule has 1 aromatic rings. The Kier molecular flexibility index (Phi) is 5.45. The minimum absolute atomic E-state index is 0.497. The first-order valence-electron chi connectivity index (χ1n) is 8.44. The van der Waals surface area contributed by atoms with Gasteiger partial charge in [0.05, 0.1) is 17.0 Å². The Balaban J connectivity index is 2.26. The number of anilines is 1. The number of hydrogen-bond acceptors (Lipinski definition) is 4. The van der Waals surface area contributed by atoms with E-state index >= 15 is 0 Å². The summed E-state index contributed by atoms with van der Waals surface area (Å²) in [6.45, 7) is 9.04. The zero-order chi connectivity index (χ0) is 16.3. The fraction of sp³-hybridized carbons (Fsp3) is 0.722. The second kappa shape index (κ2) is 6.97. The molecule has 1 unspecified atom stereocenters. The van der Waals surface area contributed by atoms with Crippen LogP contribution in [-0.4, -0.2) is 47.8 Å². The molecule has 0 amide bonds. The second-order valence-corrected chi connectivity index (χ2v) is 7.23. The van der Waals surface area contributed by atoms with Gasteiger partial charge in [-0.2, -0.15) is 0 Å². The van der Waals surface area contributed by atoms with E-state index in [-0.39, 0.29) is 0 Å². The third-order valence-electron chi connectivity index (χ3n) is 4.74. The number of aromatic nitrogens is 1. The summed E-state index contributed by atoms with van der Waals surface area (Å²) < 4.78 is 0. The number of aliphatic hydroxyl groups is 1. The normalized spacial score (nSPS) is 19.5. The number of pyridine rings is 1. The van der Waals surface area contributed by atoms with Crippen molar-refractivity contribution < 1.29 is 5.11 Å². The van der Waals surface area contributed by atoms with E-state index in [2.05, 4.69) is 49.9 Å². The molecule has 0 bridgehead atoms. The molecular weight excluding hydrogens is 274 g/mol. The number of piperidine rings is 1. The van der Waals surface area contributed by atoms with Gasteiger partial charge < -0.3 is 14.9 Å². The molecule has 4 heteroatoms. The third kappa shape index (κ3) is 4.20. The van der Waals surface area contributed by atoms with Gasteiger partial charge in [-0.05, 0) is 58.3 Å². The zero-order valence-corrected chi connectivity index (χ0v) is 14.8. The van der Waals surface area contributed by atoms with Crippen molar-refractivity contribution in [2.45, 2.75) is 58.1 Å². The predicted octanol–water partition coefficient (Wildman–Crippen LogP) is 3.01. The topological polar surface area (TPSA) is 39.6 Å². The molecule has 0 saturated carbocycles. The van der Waals surface area contributed by atoms with Crippen LogP contribution in [-0.2, 0) is 6.54 Å². The van der Waals surface area contributed by atoms with Crippen LogP contribution >= 0.6 is 0 Å². The number of rotatable bonds is 5. The lowest BCUT2D eigenvalue weighted by molar-refractivity contribution is 0.0351. The highest BCUT2D eigenvalue weighted by molar-refractivity contribution is 5.52. The summed E-state index contributed by atoms with van der Waals surface area (Å²) in [5, 5.41) is 10.2. The molecule has 1 atom stereocenters. The van der Waals surface area contributed by atoms with Gasteiger partial charge in [0, 0.05) is 25.3 Å². The first kappa shape index (κ1) is 17.2. The maximum absolute atomic E-state index is 10.2. The quantitative estimate of drug-likeness (QED) is 0.908. The lowest BCUT2D eigenvalue weighted by atomic mass is 9.93. The summed E-state index contributed by atoms with van der Waals surface area (Å²) in [7, 11) is 4.17. The Morgan fingerprint density at radius 1 is 1.32 bits per heavy atom. The first-order valence-corrected chi connectivity index (χ1v) is 8.44. The third-order valence-corrected chi connectivity index (χ3v) is 4.74. The molecule has 0 spiro atoms. The van der Waals surface area contributed by atoms with E-state index in [1.807, 2.05) is 6.92 Å². The van der Waals surface area contributed by atoms with Crippen LogP contribution in [0.25, 0.3) is 0 Å². The molecule has 4 nitrogen and oxygen atoms in total. The zero-order valence-electron chi connectivity index (χ0n) is 14.8. The van der Waals surface area contributed by atoms with E-state index in [1.54, 1.807) is 0 Å². The lowest BCUT2D eigenvalue weighted by Gasteiger charge is -2.38. The van der Waals surface area contributed by atoms with Crippen molar-refractivity contribution in [2.24, 2.45) is 0 Å². The molecule has 2 rings (SSSR count). The van der Waals surface area contributed by atoms with E-state index in [4.69, 9.17) is 4.98 Å². The molecule has 1 N–H and O–H groups in total. The average Bonchev–Trinajstić information content (AvgIpc) is 2.46. The maximum atomic E-state index is 10.2. The van der Waals surface area contributed by atoms with Gasteiger partial charge in [-0.15, -0.1) is 0 Å². The Labute approximate surface area is 135 Å². The van der Waals surface area contributed by atoms with Crippen molar-refractivity contribution in [3.05, 3.63) is 23.5 Å². The minimum atomic E-state index is -0.512. The van der Waals surface area contributed by atoms with Gasteiger partial charge in [-0.1, -0.05) is 13.8 Å². The van der Waals surface area contributed by atoms with Gasteiger partial charge in [0.15, 0.2) is 0 Å². The monoisotopic (exact) mass is 305 g/mol. The molecular formula is C18H31N3O. The Bertz CT molecular complexity index is 489. The highest BCUT2D eigenvalue weighted by Crippen LogP contribution is 2.29. The Morgan fingerprint density at radius 3 is 2.50 bits per heavy atom. The van der Waals surface area contributed by atoms with Crippen molar-refractivity contribution >= 4 is 5.69 Å². The standard InChI is InChI=1S/C18H31N3O/c1-6-14(2)15-7-8-17(16(19-15)13-20(4)5)21-11-9-18(3,22)10-12-21/h7-8,14,22H,6,9-13H2,1-5H3. The van der Waals surface area contributed by atoms with Gasteiger partial charge in [0.2, 0.25) is 0 Å². The summed E-state index contributed by atoms with van der Waals surface area (Å²) in [5.41, 5.74) is 3.06. The molecule has 1 aliphatic heterocycles. The van der Waals surface area contributed by atoms with E-state index in [1.165, 1.54) is 11.4 Å². The highest BCUT2D eigenvalue weighted by atomic mass is 16.3. The fourth-order valence-electron chi connectivity index (χ4n) is 2.93. The summed E-state index contributed by atoms with van der Waals surface area (Å²) in [6, 6.07) is 4.41. The Morgan fingerprint density at radius 2 is 1.95 bits per heavy atom. The van der Waals surface area contributed by atoms with E-state index in [9.17, 15) is 5.11 Å². The summed E-state index contributed by atoms with van der Waals surface area (Å²) in [6.07, 6.45) is 2.75. The molecule has 1 fully saturated rings. The van der Waals surface area contributed by atoms with Crippen LogP contribution in [0, 0.1) is 0 Å². The van der Waals surface area contributed by atoms with Gasteiger partial charge >= 0.3 is 0 Å². The van der Waals surface area contributed by atoms with Crippen LogP contribution in [0.5, 0.6) is 0 Å². The maximum Gasteiger partial charge on any atom is 0.0780 e. The van der Waals surface area contributed by atoms with Crippen LogP contribution in [0.15, 0.2) is 12.1 Å². The summed E-state index contributed by atoms with van der Waals surface area (Å²) in [5.74, 6) is 0.497. The molecule has 2 heterocycles. The SMILES string of the molecule is CCC(C)c1ccc(N2CCC(C)(O)CC2)c(CN(C)C)n1. The molecule has 22 heavy (non-hydrogen) atoms. The molecule has 124 valence electrons. The number of hydrogen-bond donors (Lipinski definition) is 1. The molecule has 1 aromatic heterocycles. The van der Waals surface area contributed by atoms with Crippen LogP contribution in [0.4, 0.5) is 5.69 Å². The molecule has 0 radical (unpaired) electrons. The van der Waals surface area contributed by atoms with Crippen LogP contribution in [0.1, 0.15) is 57.3 Å². The average molecular weight is 305 g/mol. The Hall–Kier alpha value is -1.13. The van der Waals surface area contributed by atoms with Crippen molar-refractivity contribution in [3.8, 4) is 0 Å². The van der Waals surface area contributed by atoms with E-state index in [0.29, 0.717) is 5.92 Å². The van der Waals surface area contributed by atoms with Gasteiger partial charge in [-0.25, -0.2) is 0 Å². The summed E-state index contributed by atoms with van der Waals surface area (Å²) in [4.78, 5) is 9.50. The lowest BCUT2D eigenvalue weighted by Crippen LogP contribution is -2.43. The van der Waals surface area contributed by atoms with Crippen LogP contribution in [0.2, 0.25) is 0 Å². The van der Waals surface area contributed by atoms with Gasteiger partial charge in [-0.3, -0.25) is 4.98 Å². The molecule has 1 aliphatic rings. The summed E-state index contributed by atoms with van der Waals surface area (Å²) >= 11 is 0. The van der Waals surface area contributed by atoms with Crippen molar-refractivity contribution in [3.63, 3.8) is 0 Å². The first-order chi connectivity index (χ1) is 10.3. The molecule has 0 aromatic carbocycles. The molecule has 0 aliphatic carbocycles. The minimum Gasteiger partial charge on any atom is -0.390 e.